The quantitative estimate of drug-likeness (QED) is 0.746. The van der Waals surface area contributed by atoms with Gasteiger partial charge in [-0.1, -0.05) is 27.7 Å². The predicted molar refractivity (Wildman–Crippen MR) is 112 cm³/mol. The monoisotopic (exact) mass is 398 g/mol. The molecule has 0 spiro atoms. The van der Waals surface area contributed by atoms with E-state index in [1.54, 1.807) is 0 Å². The van der Waals surface area contributed by atoms with Crippen LogP contribution in [0.5, 0.6) is 0 Å². The summed E-state index contributed by atoms with van der Waals surface area (Å²) in [5.41, 5.74) is 3.40. The number of carbonyl (C=O) groups excluding carboxylic acids is 1. The molecule has 0 saturated carbocycles. The molecule has 29 heavy (non-hydrogen) atoms. The lowest BCUT2D eigenvalue weighted by molar-refractivity contribution is -0.141. The number of hydrogen-bond donors (Lipinski definition) is 2. The van der Waals surface area contributed by atoms with E-state index in [1.807, 2.05) is 11.0 Å². The Morgan fingerprint density at radius 1 is 1.34 bits per heavy atom. The predicted octanol–water partition coefficient (Wildman–Crippen LogP) is 3.33. The summed E-state index contributed by atoms with van der Waals surface area (Å²) in [6, 6.07) is 1.70. The van der Waals surface area contributed by atoms with Gasteiger partial charge in [0.15, 0.2) is 5.82 Å². The van der Waals surface area contributed by atoms with E-state index in [-0.39, 0.29) is 17.4 Å². The molecule has 156 valence electrons. The second kappa shape index (κ2) is 7.31. The summed E-state index contributed by atoms with van der Waals surface area (Å²) in [5, 5.41) is 10.9. The van der Waals surface area contributed by atoms with Gasteiger partial charge >= 0.3 is 5.97 Å². The number of fused-ring (bicyclic) bond motifs is 1. The minimum atomic E-state index is -0.321. The third kappa shape index (κ3) is 3.80. The van der Waals surface area contributed by atoms with Crippen LogP contribution in [0.1, 0.15) is 63.4 Å². The van der Waals surface area contributed by atoms with Gasteiger partial charge in [-0.25, -0.2) is 9.78 Å². The zero-order valence-corrected chi connectivity index (χ0v) is 17.9. The maximum atomic E-state index is 12.2. The number of esters is 1. The van der Waals surface area contributed by atoms with Gasteiger partial charge in [0, 0.05) is 23.9 Å². The van der Waals surface area contributed by atoms with Crippen LogP contribution in [0, 0.1) is 5.41 Å². The maximum absolute atomic E-state index is 12.2. The second-order valence-corrected chi connectivity index (χ2v) is 9.18. The van der Waals surface area contributed by atoms with Crippen molar-refractivity contribution in [2.45, 2.75) is 65.3 Å². The van der Waals surface area contributed by atoms with Gasteiger partial charge in [0.05, 0.1) is 12.8 Å². The molecule has 0 bridgehead atoms. The van der Waals surface area contributed by atoms with Crippen molar-refractivity contribution in [1.82, 2.24) is 20.2 Å². The van der Waals surface area contributed by atoms with Crippen molar-refractivity contribution in [2.75, 3.05) is 23.9 Å². The second-order valence-electron chi connectivity index (χ2n) is 9.18. The molecule has 0 amide bonds. The van der Waals surface area contributed by atoms with Crippen molar-refractivity contribution in [3.8, 4) is 0 Å². The third-order valence-corrected chi connectivity index (χ3v) is 5.83. The zero-order chi connectivity index (χ0) is 20.8. The first-order chi connectivity index (χ1) is 13.8. The average Bonchev–Trinajstić information content (AvgIpc) is 3.37. The van der Waals surface area contributed by atoms with Gasteiger partial charge in [-0.05, 0) is 37.0 Å². The molecule has 1 aliphatic heterocycles. The van der Waals surface area contributed by atoms with Crippen molar-refractivity contribution in [3.63, 3.8) is 0 Å². The first-order valence-electron chi connectivity index (χ1n) is 10.3. The molecule has 1 saturated heterocycles. The van der Waals surface area contributed by atoms with Gasteiger partial charge in [-0.3, -0.25) is 5.10 Å². The molecule has 2 aromatic rings. The molecule has 8 nitrogen and oxygen atoms in total. The van der Waals surface area contributed by atoms with Crippen LogP contribution in [-0.2, 0) is 22.4 Å². The van der Waals surface area contributed by atoms with Crippen molar-refractivity contribution >= 4 is 23.6 Å². The van der Waals surface area contributed by atoms with E-state index in [2.05, 4.69) is 43.2 Å². The Balaban J connectivity index is 1.71. The smallest absolute Gasteiger partial charge is 0.328 e. The van der Waals surface area contributed by atoms with E-state index in [0.29, 0.717) is 11.9 Å². The molecule has 0 aromatic carbocycles. The first kappa shape index (κ1) is 19.7. The van der Waals surface area contributed by atoms with Crippen molar-refractivity contribution in [1.29, 1.82) is 0 Å². The highest BCUT2D eigenvalue weighted by Gasteiger charge is 2.37. The zero-order valence-electron chi connectivity index (χ0n) is 17.9. The fraction of sp³-hybridized carbons (Fsp3) is 0.619. The minimum absolute atomic E-state index is 0.132. The normalized spacial score (nSPS) is 20.2. The highest BCUT2D eigenvalue weighted by molar-refractivity contribution is 5.80. The molecule has 3 heterocycles. The lowest BCUT2D eigenvalue weighted by Gasteiger charge is -2.24. The number of ether oxygens (including phenoxy) is 1. The van der Waals surface area contributed by atoms with Crippen LogP contribution in [0.2, 0.25) is 0 Å². The molecule has 1 atom stereocenters. The number of rotatable bonds is 5. The summed E-state index contributed by atoms with van der Waals surface area (Å²) in [4.78, 5) is 23.9. The molecule has 2 aromatic heterocycles. The molecule has 0 radical (unpaired) electrons. The summed E-state index contributed by atoms with van der Waals surface area (Å²) in [6.07, 6.45) is 3.48. The number of nitrogens with zero attached hydrogens (tertiary/aromatic N) is 4. The van der Waals surface area contributed by atoms with Crippen LogP contribution in [0.4, 0.5) is 17.6 Å². The first-order valence-corrected chi connectivity index (χ1v) is 10.3. The van der Waals surface area contributed by atoms with Gasteiger partial charge in [0.2, 0.25) is 5.95 Å². The number of aromatic nitrogens is 4. The number of H-pyrrole nitrogens is 1. The van der Waals surface area contributed by atoms with Gasteiger partial charge in [-0.2, -0.15) is 10.1 Å². The highest BCUT2D eigenvalue weighted by Crippen LogP contribution is 2.40. The van der Waals surface area contributed by atoms with Crippen LogP contribution in [0.3, 0.4) is 0 Å². The number of anilines is 3. The summed E-state index contributed by atoms with van der Waals surface area (Å²) >= 11 is 0. The topological polar surface area (TPSA) is 96.0 Å². The Hall–Kier alpha value is -2.64. The fourth-order valence-corrected chi connectivity index (χ4v) is 4.28. The van der Waals surface area contributed by atoms with Gasteiger partial charge in [0.1, 0.15) is 11.9 Å². The maximum Gasteiger partial charge on any atom is 0.328 e. The molecular formula is C21H30N6O2. The molecule has 8 heteroatoms. The lowest BCUT2D eigenvalue weighted by atomic mass is 9.90. The molecule has 0 unspecified atom stereocenters. The Morgan fingerprint density at radius 3 is 2.83 bits per heavy atom. The van der Waals surface area contributed by atoms with E-state index < -0.39 is 0 Å². The standard InChI is InChI=1S/C21H30N6O2/c1-12(2)14-9-17(26-25-14)23-18-13-10-21(3,4)11-15(13)22-20(24-18)27-8-6-7-16(27)19(28)29-5/h9,12,16H,6-8,10-11H2,1-5H3,(H2,22,23,24,25,26)/t16-/m0/s1. The van der Waals surface area contributed by atoms with E-state index in [4.69, 9.17) is 14.7 Å². The van der Waals surface area contributed by atoms with Crippen LogP contribution in [0.25, 0.3) is 0 Å². The van der Waals surface area contributed by atoms with Crippen molar-refractivity contribution in [3.05, 3.63) is 23.0 Å². The van der Waals surface area contributed by atoms with Crippen molar-refractivity contribution < 1.29 is 9.53 Å². The van der Waals surface area contributed by atoms with E-state index >= 15 is 0 Å². The Bertz CT molecular complexity index is 920. The van der Waals surface area contributed by atoms with Gasteiger partial charge in [-0.15, -0.1) is 0 Å². The molecular weight excluding hydrogens is 368 g/mol. The largest absolute Gasteiger partial charge is 0.467 e. The molecule has 1 aliphatic carbocycles. The van der Waals surface area contributed by atoms with Crippen molar-refractivity contribution in [2.24, 2.45) is 5.41 Å². The average molecular weight is 399 g/mol. The summed E-state index contributed by atoms with van der Waals surface area (Å²) < 4.78 is 5.00. The minimum Gasteiger partial charge on any atom is -0.467 e. The van der Waals surface area contributed by atoms with Crippen LogP contribution >= 0.6 is 0 Å². The summed E-state index contributed by atoms with van der Waals surface area (Å²) in [6.45, 7) is 9.50. The van der Waals surface area contributed by atoms with Crippen LogP contribution in [0.15, 0.2) is 6.07 Å². The summed E-state index contributed by atoms with van der Waals surface area (Å²) in [5.74, 6) is 2.27. The van der Waals surface area contributed by atoms with Gasteiger partial charge in [0.25, 0.3) is 0 Å². The number of nitrogens with one attached hydrogen (secondary N) is 2. The number of carbonyl (C=O) groups is 1. The Morgan fingerprint density at radius 2 is 2.14 bits per heavy atom. The van der Waals surface area contributed by atoms with Crippen LogP contribution < -0.4 is 10.2 Å². The molecule has 2 aliphatic rings. The number of hydrogen-bond acceptors (Lipinski definition) is 7. The molecule has 2 N–H and O–H groups in total. The summed E-state index contributed by atoms with van der Waals surface area (Å²) in [7, 11) is 1.43. The van der Waals surface area contributed by atoms with E-state index in [0.717, 1.165) is 60.8 Å². The lowest BCUT2D eigenvalue weighted by Crippen LogP contribution is -2.38. The Labute approximate surface area is 171 Å². The van der Waals surface area contributed by atoms with Gasteiger partial charge < -0.3 is 15.0 Å². The van der Waals surface area contributed by atoms with Crippen LogP contribution in [-0.4, -0.2) is 45.8 Å². The third-order valence-electron chi connectivity index (χ3n) is 5.83. The van der Waals surface area contributed by atoms with E-state index in [1.165, 1.54) is 7.11 Å². The Kier molecular flexibility index (Phi) is 4.96. The fourth-order valence-electron chi connectivity index (χ4n) is 4.28. The number of aromatic amines is 1. The SMILES string of the molecule is COC(=O)[C@@H]1CCCN1c1nc2c(c(Nc3cc(C(C)C)[nH]n3)n1)CC(C)(C)C2. The van der Waals surface area contributed by atoms with E-state index in [9.17, 15) is 4.79 Å². The molecule has 1 fully saturated rings. The highest BCUT2D eigenvalue weighted by atomic mass is 16.5. The molecule has 4 rings (SSSR count). The number of methoxy groups -OCH3 is 1.